The molecule has 1 aromatic heterocycles. The molecule has 2 aromatic carbocycles. The van der Waals surface area contributed by atoms with Crippen LogP contribution >= 0.6 is 11.8 Å². The van der Waals surface area contributed by atoms with Gasteiger partial charge in [0.05, 0.1) is 5.69 Å². The average molecular weight is 407 g/mol. The Kier molecular flexibility index (Phi) is 4.89. The fourth-order valence-electron chi connectivity index (χ4n) is 3.71. The molecule has 2 aliphatic rings. The van der Waals surface area contributed by atoms with E-state index in [9.17, 15) is 4.79 Å². The van der Waals surface area contributed by atoms with Crippen molar-refractivity contribution in [1.82, 2.24) is 15.1 Å². The summed E-state index contributed by atoms with van der Waals surface area (Å²) in [7, 11) is 0. The van der Waals surface area contributed by atoms with Crippen molar-refractivity contribution >= 4 is 17.7 Å². The molecule has 3 heterocycles. The molecule has 3 aromatic rings. The van der Waals surface area contributed by atoms with Crippen molar-refractivity contribution in [3.63, 3.8) is 0 Å². The third kappa shape index (κ3) is 3.70. The van der Waals surface area contributed by atoms with Gasteiger partial charge in [0.15, 0.2) is 11.5 Å². The minimum atomic E-state index is -0.00111. The maximum Gasteiger partial charge on any atom is 0.271 e. The molecule has 1 N–H and O–H groups in total. The van der Waals surface area contributed by atoms with E-state index in [1.807, 2.05) is 47.0 Å². The number of thioether (sulfide) groups is 1. The molecule has 0 saturated carbocycles. The summed E-state index contributed by atoms with van der Waals surface area (Å²) in [6.45, 7) is 1.72. The summed E-state index contributed by atoms with van der Waals surface area (Å²) in [5.74, 6) is 2.36. The van der Waals surface area contributed by atoms with E-state index >= 15 is 0 Å². The monoisotopic (exact) mass is 407 g/mol. The van der Waals surface area contributed by atoms with Crippen LogP contribution in [0.1, 0.15) is 27.7 Å². The largest absolute Gasteiger partial charge is 0.454 e. The van der Waals surface area contributed by atoms with E-state index in [-0.39, 0.29) is 12.7 Å². The molecule has 6 nitrogen and oxygen atoms in total. The van der Waals surface area contributed by atoms with Gasteiger partial charge in [-0.15, -0.1) is 0 Å². The van der Waals surface area contributed by atoms with Gasteiger partial charge in [-0.05, 0) is 36.2 Å². The van der Waals surface area contributed by atoms with Crippen LogP contribution in [0.15, 0.2) is 54.6 Å². The number of rotatable bonds is 3. The second kappa shape index (κ2) is 7.83. The Labute approximate surface area is 173 Å². The first-order valence-electron chi connectivity index (χ1n) is 9.69. The standard InChI is InChI=1S/C22H21N3O3S/c26-22(25-9-8-21(29-11-10-25)15-4-2-1-3-5-15)18-13-17(23-24-18)16-6-7-19-20(12-16)28-14-27-19/h1-7,12-13,21H,8-11,14H2,(H,23,24). The van der Waals surface area contributed by atoms with Gasteiger partial charge < -0.3 is 14.4 Å². The number of fused-ring (bicyclic) bond motifs is 1. The number of carbonyl (C=O) groups is 1. The normalized spacial score (nSPS) is 18.5. The molecule has 0 aliphatic carbocycles. The summed E-state index contributed by atoms with van der Waals surface area (Å²) in [6.07, 6.45) is 0.948. The number of nitrogens with one attached hydrogen (secondary N) is 1. The number of nitrogens with zero attached hydrogens (tertiary/aromatic N) is 2. The lowest BCUT2D eigenvalue weighted by Crippen LogP contribution is -2.33. The first kappa shape index (κ1) is 18.1. The van der Waals surface area contributed by atoms with Crippen LogP contribution in [0.3, 0.4) is 0 Å². The van der Waals surface area contributed by atoms with Gasteiger partial charge in [-0.1, -0.05) is 30.3 Å². The zero-order valence-electron chi connectivity index (χ0n) is 15.8. The molecule has 1 amide bonds. The highest BCUT2D eigenvalue weighted by atomic mass is 32.2. The lowest BCUT2D eigenvalue weighted by molar-refractivity contribution is 0.0760. The summed E-state index contributed by atoms with van der Waals surface area (Å²) in [5, 5.41) is 7.68. The predicted octanol–water partition coefficient (Wildman–Crippen LogP) is 4.13. The lowest BCUT2D eigenvalue weighted by Gasteiger charge is -2.19. The Hall–Kier alpha value is -2.93. The van der Waals surface area contributed by atoms with Gasteiger partial charge in [0.25, 0.3) is 5.91 Å². The second-order valence-electron chi connectivity index (χ2n) is 7.09. The lowest BCUT2D eigenvalue weighted by atomic mass is 10.1. The zero-order valence-corrected chi connectivity index (χ0v) is 16.7. The molecule has 0 radical (unpaired) electrons. The Morgan fingerprint density at radius 3 is 2.83 bits per heavy atom. The highest BCUT2D eigenvalue weighted by Gasteiger charge is 2.24. The van der Waals surface area contributed by atoms with Crippen LogP contribution in [0, 0.1) is 0 Å². The molecule has 0 bridgehead atoms. The smallest absolute Gasteiger partial charge is 0.271 e. The Bertz CT molecular complexity index is 1020. The van der Waals surface area contributed by atoms with Gasteiger partial charge in [-0.25, -0.2) is 0 Å². The molecule has 1 saturated heterocycles. The van der Waals surface area contributed by atoms with Crippen molar-refractivity contribution in [2.24, 2.45) is 0 Å². The van der Waals surface area contributed by atoms with Crippen LogP contribution < -0.4 is 9.47 Å². The van der Waals surface area contributed by atoms with E-state index in [2.05, 4.69) is 34.5 Å². The van der Waals surface area contributed by atoms with Crippen LogP contribution in [-0.4, -0.2) is 46.6 Å². The highest BCUT2D eigenvalue weighted by Crippen LogP contribution is 2.36. The fourth-order valence-corrected chi connectivity index (χ4v) is 4.94. The topological polar surface area (TPSA) is 67.5 Å². The molecule has 1 atom stereocenters. The summed E-state index contributed by atoms with van der Waals surface area (Å²) in [5.41, 5.74) is 3.46. The quantitative estimate of drug-likeness (QED) is 0.707. The van der Waals surface area contributed by atoms with Gasteiger partial charge in [0.1, 0.15) is 5.69 Å². The number of amides is 1. The summed E-state index contributed by atoms with van der Waals surface area (Å²) < 4.78 is 10.8. The number of aromatic nitrogens is 2. The summed E-state index contributed by atoms with van der Waals surface area (Å²) in [6, 6.07) is 18.0. The number of benzene rings is 2. The van der Waals surface area contributed by atoms with Gasteiger partial charge in [0, 0.05) is 29.7 Å². The number of hydrogen-bond acceptors (Lipinski definition) is 5. The van der Waals surface area contributed by atoms with Crippen LogP contribution in [0.2, 0.25) is 0 Å². The molecule has 29 heavy (non-hydrogen) atoms. The van der Waals surface area contributed by atoms with Crippen molar-refractivity contribution in [2.45, 2.75) is 11.7 Å². The second-order valence-corrected chi connectivity index (χ2v) is 8.40. The molecular formula is C22H21N3O3S. The van der Waals surface area contributed by atoms with Crippen LogP contribution in [-0.2, 0) is 0 Å². The maximum atomic E-state index is 13.0. The zero-order chi connectivity index (χ0) is 19.6. The molecular weight excluding hydrogens is 386 g/mol. The molecule has 1 fully saturated rings. The number of ether oxygens (including phenoxy) is 2. The van der Waals surface area contributed by atoms with Gasteiger partial charge in [-0.3, -0.25) is 9.89 Å². The highest BCUT2D eigenvalue weighted by molar-refractivity contribution is 7.99. The minimum Gasteiger partial charge on any atom is -0.454 e. The molecule has 7 heteroatoms. The maximum absolute atomic E-state index is 13.0. The van der Waals surface area contributed by atoms with Gasteiger partial charge in [0.2, 0.25) is 6.79 Å². The van der Waals surface area contributed by atoms with Crippen LogP contribution in [0.4, 0.5) is 0 Å². The minimum absolute atomic E-state index is 0.00111. The fraction of sp³-hybridized carbons (Fsp3) is 0.273. The molecule has 0 spiro atoms. The van der Waals surface area contributed by atoms with Crippen LogP contribution in [0.5, 0.6) is 11.5 Å². The van der Waals surface area contributed by atoms with Crippen molar-refractivity contribution in [3.05, 3.63) is 65.9 Å². The van der Waals surface area contributed by atoms with E-state index in [1.54, 1.807) is 0 Å². The SMILES string of the molecule is O=C(c1cc(-c2ccc3c(c2)OCO3)n[nH]1)N1CCSC(c2ccccc2)CC1. The van der Waals surface area contributed by atoms with Crippen molar-refractivity contribution in [2.75, 3.05) is 25.6 Å². The Morgan fingerprint density at radius 1 is 1.07 bits per heavy atom. The first-order chi connectivity index (χ1) is 14.3. The first-order valence-corrected chi connectivity index (χ1v) is 10.7. The van der Waals surface area contributed by atoms with Gasteiger partial charge in [-0.2, -0.15) is 16.9 Å². The van der Waals surface area contributed by atoms with Crippen molar-refractivity contribution < 1.29 is 14.3 Å². The van der Waals surface area contributed by atoms with E-state index in [4.69, 9.17) is 9.47 Å². The van der Waals surface area contributed by atoms with E-state index in [1.165, 1.54) is 5.56 Å². The molecule has 1 unspecified atom stereocenters. The summed E-state index contributed by atoms with van der Waals surface area (Å²) >= 11 is 1.92. The number of hydrogen-bond donors (Lipinski definition) is 1. The molecule has 2 aliphatic heterocycles. The number of carbonyl (C=O) groups excluding carboxylic acids is 1. The number of aromatic amines is 1. The average Bonchev–Trinajstić information content (AvgIpc) is 3.37. The van der Waals surface area contributed by atoms with Gasteiger partial charge >= 0.3 is 0 Å². The molecule has 148 valence electrons. The molecule has 5 rings (SSSR count). The predicted molar refractivity (Wildman–Crippen MR) is 112 cm³/mol. The van der Waals surface area contributed by atoms with E-state index < -0.39 is 0 Å². The Balaban J connectivity index is 1.29. The third-order valence-electron chi connectivity index (χ3n) is 5.28. The number of H-pyrrole nitrogens is 1. The van der Waals surface area contributed by atoms with E-state index in [0.717, 1.165) is 42.3 Å². The van der Waals surface area contributed by atoms with Crippen LogP contribution in [0.25, 0.3) is 11.3 Å². The van der Waals surface area contributed by atoms with Crippen molar-refractivity contribution in [3.8, 4) is 22.8 Å². The van der Waals surface area contributed by atoms with Crippen molar-refractivity contribution in [1.29, 1.82) is 0 Å². The Morgan fingerprint density at radius 2 is 1.93 bits per heavy atom. The van der Waals surface area contributed by atoms with E-state index in [0.29, 0.717) is 16.7 Å². The third-order valence-corrected chi connectivity index (χ3v) is 6.61. The summed E-state index contributed by atoms with van der Waals surface area (Å²) in [4.78, 5) is 15.0.